The first-order chi connectivity index (χ1) is 8.42. The van der Waals surface area contributed by atoms with Crippen molar-refractivity contribution in [2.45, 2.75) is 26.3 Å². The van der Waals surface area contributed by atoms with Gasteiger partial charge >= 0.3 is 11.9 Å². The third-order valence-corrected chi connectivity index (χ3v) is 2.22. The van der Waals surface area contributed by atoms with Gasteiger partial charge in [0.15, 0.2) is 0 Å². The lowest BCUT2D eigenvalue weighted by Crippen LogP contribution is -2.46. The summed E-state index contributed by atoms with van der Waals surface area (Å²) in [5.74, 6) is -2.79. The second kappa shape index (κ2) is 8.46. The highest BCUT2D eigenvalue weighted by atomic mass is 16.5. The topological polar surface area (TPSA) is 102 Å². The van der Waals surface area contributed by atoms with Gasteiger partial charge in [-0.3, -0.25) is 9.59 Å². The van der Waals surface area contributed by atoms with E-state index in [9.17, 15) is 14.4 Å². The first-order valence-corrected chi connectivity index (χ1v) is 5.59. The maximum absolute atomic E-state index is 11.3. The Labute approximate surface area is 105 Å². The molecule has 0 aromatic rings. The van der Waals surface area contributed by atoms with Gasteiger partial charge in [0.05, 0.1) is 13.0 Å². The fourth-order valence-corrected chi connectivity index (χ4v) is 1.39. The maximum Gasteiger partial charge on any atom is 0.326 e. The maximum atomic E-state index is 11.3. The number of carbonyl (C=O) groups excluding carboxylic acids is 2. The molecule has 0 aromatic carbocycles. The molecule has 0 rings (SSSR count). The summed E-state index contributed by atoms with van der Waals surface area (Å²) in [6, 6.07) is -1.14. The second-order valence-electron chi connectivity index (χ2n) is 3.80. The molecule has 0 saturated carbocycles. The van der Waals surface area contributed by atoms with Gasteiger partial charge in [0.2, 0.25) is 5.91 Å². The molecule has 104 valence electrons. The van der Waals surface area contributed by atoms with Gasteiger partial charge in [0.25, 0.3) is 0 Å². The van der Waals surface area contributed by atoms with Crippen LogP contribution in [0.2, 0.25) is 0 Å². The predicted octanol–water partition coefficient (Wildman–Crippen LogP) is -0.208. The molecule has 0 aliphatic heterocycles. The number of carbonyl (C=O) groups is 3. The van der Waals surface area contributed by atoms with E-state index >= 15 is 0 Å². The Hall–Kier alpha value is -1.63. The van der Waals surface area contributed by atoms with Gasteiger partial charge in [-0.15, -0.1) is 0 Å². The summed E-state index contributed by atoms with van der Waals surface area (Å²) in [5.41, 5.74) is 0. The van der Waals surface area contributed by atoms with Gasteiger partial charge in [0.1, 0.15) is 12.6 Å². The van der Waals surface area contributed by atoms with Gasteiger partial charge in [-0.25, -0.2) is 4.79 Å². The lowest BCUT2D eigenvalue weighted by molar-refractivity contribution is -0.147. The monoisotopic (exact) mass is 261 g/mol. The molecule has 0 aliphatic carbocycles. The standard InChI is InChI=1S/C11H19NO6/c1-4-18-9(14)5-7(2)10(11(15)16)12-8(13)6-17-3/h7,10H,4-6H2,1-3H3,(H,12,13)(H,15,16)/t7-,10-/m0/s1. The van der Waals surface area contributed by atoms with Crippen molar-refractivity contribution >= 4 is 17.8 Å². The Balaban J connectivity index is 4.45. The molecular weight excluding hydrogens is 242 g/mol. The van der Waals surface area contributed by atoms with Crippen LogP contribution in [-0.4, -0.2) is 49.3 Å². The van der Waals surface area contributed by atoms with E-state index in [4.69, 9.17) is 9.84 Å². The zero-order chi connectivity index (χ0) is 14.1. The van der Waals surface area contributed by atoms with E-state index in [2.05, 4.69) is 10.1 Å². The molecule has 0 aromatic heterocycles. The Morgan fingerprint density at radius 2 is 1.94 bits per heavy atom. The van der Waals surface area contributed by atoms with E-state index in [0.717, 1.165) is 0 Å². The summed E-state index contributed by atoms with van der Waals surface area (Å²) in [6.45, 7) is 3.23. The van der Waals surface area contributed by atoms with Crippen molar-refractivity contribution < 1.29 is 29.0 Å². The zero-order valence-corrected chi connectivity index (χ0v) is 10.8. The summed E-state index contributed by atoms with van der Waals surface area (Å²) < 4.78 is 9.31. The van der Waals surface area contributed by atoms with Gasteiger partial charge in [-0.1, -0.05) is 6.92 Å². The highest BCUT2D eigenvalue weighted by Crippen LogP contribution is 2.10. The van der Waals surface area contributed by atoms with Crippen LogP contribution in [0.25, 0.3) is 0 Å². The Morgan fingerprint density at radius 3 is 2.39 bits per heavy atom. The van der Waals surface area contributed by atoms with Crippen LogP contribution in [0.1, 0.15) is 20.3 Å². The fraction of sp³-hybridized carbons (Fsp3) is 0.727. The molecule has 18 heavy (non-hydrogen) atoms. The van der Waals surface area contributed by atoms with E-state index in [0.29, 0.717) is 0 Å². The third-order valence-electron chi connectivity index (χ3n) is 2.22. The van der Waals surface area contributed by atoms with Gasteiger partial charge < -0.3 is 19.9 Å². The Bertz CT molecular complexity index is 304. The number of nitrogens with one attached hydrogen (secondary N) is 1. The molecule has 0 spiro atoms. The Morgan fingerprint density at radius 1 is 1.33 bits per heavy atom. The van der Waals surface area contributed by atoms with E-state index in [1.54, 1.807) is 13.8 Å². The number of aliphatic carboxylic acids is 1. The molecule has 0 fully saturated rings. The number of rotatable bonds is 8. The molecule has 2 N–H and O–H groups in total. The number of ether oxygens (including phenoxy) is 2. The molecule has 0 radical (unpaired) electrons. The van der Waals surface area contributed by atoms with Crippen LogP contribution in [0.4, 0.5) is 0 Å². The molecule has 7 nitrogen and oxygen atoms in total. The fourth-order valence-electron chi connectivity index (χ4n) is 1.39. The first kappa shape index (κ1) is 16.4. The molecule has 7 heteroatoms. The number of methoxy groups -OCH3 is 1. The smallest absolute Gasteiger partial charge is 0.326 e. The highest BCUT2D eigenvalue weighted by molar-refractivity contribution is 5.85. The molecule has 0 unspecified atom stereocenters. The molecule has 0 bridgehead atoms. The average molecular weight is 261 g/mol. The van der Waals surface area contributed by atoms with E-state index in [-0.39, 0.29) is 19.6 Å². The second-order valence-corrected chi connectivity index (χ2v) is 3.80. The Kier molecular flexibility index (Phi) is 7.69. The average Bonchev–Trinajstić information content (AvgIpc) is 2.25. The number of hydrogen-bond acceptors (Lipinski definition) is 5. The van der Waals surface area contributed by atoms with E-state index in [1.807, 2.05) is 0 Å². The van der Waals surface area contributed by atoms with Crippen molar-refractivity contribution in [3.8, 4) is 0 Å². The lowest BCUT2D eigenvalue weighted by atomic mass is 9.98. The molecular formula is C11H19NO6. The van der Waals surface area contributed by atoms with Crippen molar-refractivity contribution in [1.82, 2.24) is 5.32 Å². The SMILES string of the molecule is CCOC(=O)C[C@H](C)[C@H](NC(=O)COC)C(=O)O. The van der Waals surface area contributed by atoms with E-state index in [1.165, 1.54) is 7.11 Å². The number of carboxylic acid groups (broad SMARTS) is 1. The minimum absolute atomic E-state index is 0.0714. The summed E-state index contributed by atoms with van der Waals surface area (Å²) >= 11 is 0. The molecule has 1 amide bonds. The molecule has 0 heterocycles. The summed E-state index contributed by atoms with van der Waals surface area (Å²) in [7, 11) is 1.33. The normalized spacial score (nSPS) is 13.5. The number of esters is 1. The van der Waals surface area contributed by atoms with Crippen molar-refractivity contribution in [2.24, 2.45) is 5.92 Å². The van der Waals surface area contributed by atoms with Gasteiger partial charge in [-0.05, 0) is 12.8 Å². The van der Waals surface area contributed by atoms with Crippen LogP contribution in [0.15, 0.2) is 0 Å². The van der Waals surface area contributed by atoms with Crippen LogP contribution < -0.4 is 5.32 Å². The summed E-state index contributed by atoms with van der Waals surface area (Å²) in [6.07, 6.45) is -0.0714. The number of hydrogen-bond donors (Lipinski definition) is 2. The van der Waals surface area contributed by atoms with Crippen LogP contribution >= 0.6 is 0 Å². The van der Waals surface area contributed by atoms with Crippen molar-refractivity contribution in [3.63, 3.8) is 0 Å². The quantitative estimate of drug-likeness (QED) is 0.586. The lowest BCUT2D eigenvalue weighted by Gasteiger charge is -2.20. The van der Waals surface area contributed by atoms with Crippen LogP contribution in [-0.2, 0) is 23.9 Å². The third kappa shape index (κ3) is 6.19. The number of carboxylic acids is 1. The predicted molar refractivity (Wildman–Crippen MR) is 61.9 cm³/mol. The van der Waals surface area contributed by atoms with Crippen LogP contribution in [0, 0.1) is 5.92 Å². The zero-order valence-electron chi connectivity index (χ0n) is 10.8. The number of amides is 1. The largest absolute Gasteiger partial charge is 0.480 e. The van der Waals surface area contributed by atoms with Crippen LogP contribution in [0.5, 0.6) is 0 Å². The van der Waals surface area contributed by atoms with E-state index < -0.39 is 29.8 Å². The van der Waals surface area contributed by atoms with Crippen molar-refractivity contribution in [2.75, 3.05) is 20.3 Å². The highest BCUT2D eigenvalue weighted by Gasteiger charge is 2.28. The molecule has 0 saturated heterocycles. The van der Waals surface area contributed by atoms with Gasteiger partial charge in [-0.2, -0.15) is 0 Å². The van der Waals surface area contributed by atoms with Crippen molar-refractivity contribution in [1.29, 1.82) is 0 Å². The first-order valence-electron chi connectivity index (χ1n) is 5.59. The molecule has 0 aliphatic rings. The molecule has 2 atom stereocenters. The summed E-state index contributed by atoms with van der Waals surface area (Å²) in [5, 5.41) is 11.3. The van der Waals surface area contributed by atoms with Crippen LogP contribution in [0.3, 0.4) is 0 Å². The minimum Gasteiger partial charge on any atom is -0.480 e. The summed E-state index contributed by atoms with van der Waals surface area (Å²) in [4.78, 5) is 33.5. The van der Waals surface area contributed by atoms with Crippen molar-refractivity contribution in [3.05, 3.63) is 0 Å². The minimum atomic E-state index is -1.20. The van der Waals surface area contributed by atoms with Gasteiger partial charge in [0, 0.05) is 7.11 Å².